The highest BCUT2D eigenvalue weighted by molar-refractivity contribution is 9.10. The molecule has 0 fully saturated rings. The normalized spacial score (nSPS) is 12.4. The Balaban J connectivity index is 1.86. The second-order valence-electron chi connectivity index (χ2n) is 4.21. The highest BCUT2D eigenvalue weighted by atomic mass is 79.9. The Morgan fingerprint density at radius 3 is 2.47 bits per heavy atom. The minimum absolute atomic E-state index is 0.362. The molecule has 4 heteroatoms. The highest BCUT2D eigenvalue weighted by Gasteiger charge is 2.08. The van der Waals surface area contributed by atoms with Gasteiger partial charge in [-0.3, -0.25) is 0 Å². The molecule has 19 heavy (non-hydrogen) atoms. The van der Waals surface area contributed by atoms with Crippen molar-refractivity contribution in [3.63, 3.8) is 0 Å². The van der Waals surface area contributed by atoms with Crippen LogP contribution in [0, 0.1) is 0 Å². The third kappa shape index (κ3) is 4.84. The van der Waals surface area contributed by atoms with Gasteiger partial charge in [0.25, 0.3) is 0 Å². The van der Waals surface area contributed by atoms with Crippen molar-refractivity contribution in [1.29, 1.82) is 0 Å². The van der Waals surface area contributed by atoms with Crippen molar-refractivity contribution in [3.05, 3.63) is 63.6 Å². The predicted octanol–water partition coefficient (Wildman–Crippen LogP) is 4.80. The van der Waals surface area contributed by atoms with Crippen molar-refractivity contribution < 1.29 is 5.11 Å². The molecule has 2 aromatic rings. The topological polar surface area (TPSA) is 20.2 Å². The number of halogens is 2. The Morgan fingerprint density at radius 1 is 1.11 bits per heavy atom. The molecule has 0 aliphatic carbocycles. The third-order valence-corrected chi connectivity index (χ3v) is 4.85. The van der Waals surface area contributed by atoms with Gasteiger partial charge in [-0.1, -0.05) is 45.7 Å². The van der Waals surface area contributed by atoms with Crippen molar-refractivity contribution in [2.75, 3.05) is 5.75 Å². The van der Waals surface area contributed by atoms with E-state index in [1.807, 2.05) is 48.5 Å². The van der Waals surface area contributed by atoms with Crippen LogP contribution in [-0.2, 0) is 6.42 Å². The van der Waals surface area contributed by atoms with E-state index in [-0.39, 0.29) is 6.10 Å². The zero-order chi connectivity index (χ0) is 13.7. The Hall–Kier alpha value is -0.480. The SMILES string of the molecule is OC(CSc1ccc(Cl)cc1)Cc1ccccc1Br. The summed E-state index contributed by atoms with van der Waals surface area (Å²) in [6, 6.07) is 15.7. The van der Waals surface area contributed by atoms with Gasteiger partial charge in [-0.2, -0.15) is 0 Å². The predicted molar refractivity (Wildman–Crippen MR) is 86.0 cm³/mol. The smallest absolute Gasteiger partial charge is 0.0674 e. The summed E-state index contributed by atoms with van der Waals surface area (Å²) >= 11 is 11.0. The van der Waals surface area contributed by atoms with Crippen molar-refractivity contribution in [3.8, 4) is 0 Å². The van der Waals surface area contributed by atoms with E-state index in [1.165, 1.54) is 0 Å². The van der Waals surface area contributed by atoms with Crippen LogP contribution in [0.15, 0.2) is 57.9 Å². The Bertz CT molecular complexity index is 530. The van der Waals surface area contributed by atoms with Crippen LogP contribution in [0.2, 0.25) is 5.02 Å². The van der Waals surface area contributed by atoms with Gasteiger partial charge >= 0.3 is 0 Å². The third-order valence-electron chi connectivity index (χ3n) is 2.67. The van der Waals surface area contributed by atoms with Crippen LogP contribution in [0.1, 0.15) is 5.56 Å². The number of benzene rings is 2. The fourth-order valence-corrected chi connectivity index (χ4v) is 3.10. The van der Waals surface area contributed by atoms with Crippen LogP contribution in [0.25, 0.3) is 0 Å². The largest absolute Gasteiger partial charge is 0.392 e. The Morgan fingerprint density at radius 2 is 1.79 bits per heavy atom. The lowest BCUT2D eigenvalue weighted by molar-refractivity contribution is 0.200. The fraction of sp³-hybridized carbons (Fsp3) is 0.200. The maximum atomic E-state index is 10.1. The van der Waals surface area contributed by atoms with Crippen molar-refractivity contribution in [2.24, 2.45) is 0 Å². The van der Waals surface area contributed by atoms with E-state index in [4.69, 9.17) is 11.6 Å². The number of hydrogen-bond acceptors (Lipinski definition) is 2. The van der Waals surface area contributed by atoms with Crippen LogP contribution in [0.3, 0.4) is 0 Å². The second-order valence-corrected chi connectivity index (χ2v) is 6.60. The van der Waals surface area contributed by atoms with Crippen molar-refractivity contribution >= 4 is 39.3 Å². The molecule has 0 aliphatic heterocycles. The molecule has 1 nitrogen and oxygen atoms in total. The first kappa shape index (κ1) is 14.9. The molecule has 2 aromatic carbocycles. The first-order chi connectivity index (χ1) is 9.15. The minimum Gasteiger partial charge on any atom is -0.392 e. The molecule has 0 radical (unpaired) electrons. The van der Waals surface area contributed by atoms with Crippen LogP contribution in [0.5, 0.6) is 0 Å². The van der Waals surface area contributed by atoms with Gasteiger partial charge in [0.2, 0.25) is 0 Å². The molecule has 0 saturated heterocycles. The maximum absolute atomic E-state index is 10.1. The lowest BCUT2D eigenvalue weighted by atomic mass is 10.1. The summed E-state index contributed by atoms with van der Waals surface area (Å²) in [4.78, 5) is 1.12. The van der Waals surface area contributed by atoms with Gasteiger partial charge < -0.3 is 5.11 Å². The van der Waals surface area contributed by atoms with Crippen LogP contribution in [0.4, 0.5) is 0 Å². The van der Waals surface area contributed by atoms with E-state index < -0.39 is 0 Å². The number of rotatable bonds is 5. The molecule has 0 aromatic heterocycles. The molecule has 0 heterocycles. The number of hydrogen-bond donors (Lipinski definition) is 1. The van der Waals surface area contributed by atoms with Gasteiger partial charge in [-0.15, -0.1) is 11.8 Å². The van der Waals surface area contributed by atoms with Crippen LogP contribution >= 0.6 is 39.3 Å². The van der Waals surface area contributed by atoms with Crippen LogP contribution < -0.4 is 0 Å². The van der Waals surface area contributed by atoms with E-state index in [9.17, 15) is 5.11 Å². The van der Waals surface area contributed by atoms with E-state index in [2.05, 4.69) is 15.9 Å². The Kier molecular flexibility index (Phi) is 5.76. The first-order valence-electron chi connectivity index (χ1n) is 5.95. The van der Waals surface area contributed by atoms with Gasteiger partial charge in [0.1, 0.15) is 0 Å². The zero-order valence-corrected chi connectivity index (χ0v) is 13.4. The lowest BCUT2D eigenvalue weighted by Gasteiger charge is -2.11. The molecule has 100 valence electrons. The van der Waals surface area contributed by atoms with Gasteiger partial charge in [0.05, 0.1) is 6.10 Å². The van der Waals surface area contributed by atoms with E-state index in [0.717, 1.165) is 20.0 Å². The minimum atomic E-state index is -0.362. The molecule has 0 aliphatic rings. The Labute approximate surface area is 131 Å². The molecule has 0 amide bonds. The monoisotopic (exact) mass is 356 g/mol. The molecular weight excluding hydrogens is 344 g/mol. The molecule has 1 atom stereocenters. The summed E-state index contributed by atoms with van der Waals surface area (Å²) in [5.41, 5.74) is 1.13. The lowest BCUT2D eigenvalue weighted by Crippen LogP contribution is -2.13. The van der Waals surface area contributed by atoms with Crippen LogP contribution in [-0.4, -0.2) is 17.0 Å². The molecule has 1 N–H and O–H groups in total. The average molecular weight is 358 g/mol. The quantitative estimate of drug-likeness (QED) is 0.776. The van der Waals surface area contributed by atoms with Crippen molar-refractivity contribution in [1.82, 2.24) is 0 Å². The first-order valence-corrected chi connectivity index (χ1v) is 8.10. The number of aliphatic hydroxyl groups is 1. The second kappa shape index (κ2) is 7.34. The maximum Gasteiger partial charge on any atom is 0.0674 e. The number of aliphatic hydroxyl groups excluding tert-OH is 1. The summed E-state index contributed by atoms with van der Waals surface area (Å²) < 4.78 is 1.05. The summed E-state index contributed by atoms with van der Waals surface area (Å²) in [5, 5.41) is 10.8. The average Bonchev–Trinajstić information content (AvgIpc) is 2.41. The van der Waals surface area contributed by atoms with E-state index in [0.29, 0.717) is 12.2 Å². The highest BCUT2D eigenvalue weighted by Crippen LogP contribution is 2.23. The van der Waals surface area contributed by atoms with E-state index >= 15 is 0 Å². The van der Waals surface area contributed by atoms with Gasteiger partial charge in [-0.25, -0.2) is 0 Å². The van der Waals surface area contributed by atoms with E-state index in [1.54, 1.807) is 11.8 Å². The number of thioether (sulfide) groups is 1. The van der Waals surface area contributed by atoms with Gasteiger partial charge in [-0.05, 0) is 35.9 Å². The molecule has 0 spiro atoms. The summed E-state index contributed by atoms with van der Waals surface area (Å²) in [7, 11) is 0. The van der Waals surface area contributed by atoms with Gasteiger partial charge in [0.15, 0.2) is 0 Å². The summed E-state index contributed by atoms with van der Waals surface area (Å²) in [5.74, 6) is 0.670. The molecule has 0 bridgehead atoms. The molecule has 2 rings (SSSR count). The zero-order valence-electron chi connectivity index (χ0n) is 10.2. The summed E-state index contributed by atoms with van der Waals surface area (Å²) in [6.07, 6.45) is 0.293. The molecule has 0 saturated carbocycles. The molecule has 1 unspecified atom stereocenters. The standard InChI is InChI=1S/C15H14BrClOS/c16-15-4-2-1-3-11(15)9-13(18)10-19-14-7-5-12(17)6-8-14/h1-8,13,18H,9-10H2. The van der Waals surface area contributed by atoms with Crippen molar-refractivity contribution in [2.45, 2.75) is 17.4 Å². The summed E-state index contributed by atoms with van der Waals surface area (Å²) in [6.45, 7) is 0. The van der Waals surface area contributed by atoms with Gasteiger partial charge in [0, 0.05) is 26.6 Å². The molecular formula is C15H14BrClOS. The fourth-order valence-electron chi connectivity index (χ4n) is 1.70.